The molecule has 2 aromatic carbocycles. The number of hydrogen-bond acceptors (Lipinski definition) is 4. The summed E-state index contributed by atoms with van der Waals surface area (Å²) in [4.78, 5) is 10.0. The average molecular weight is 294 g/mol. The van der Waals surface area contributed by atoms with Gasteiger partial charge in [-0.05, 0) is 30.3 Å². The number of hydrazone groups is 1. The fourth-order valence-electron chi connectivity index (χ4n) is 1.44. The topological polar surface area (TPSA) is 67.5 Å². The first-order valence-corrected chi connectivity index (χ1v) is 5.92. The van der Waals surface area contributed by atoms with E-state index in [-0.39, 0.29) is 11.3 Å². The van der Waals surface area contributed by atoms with Crippen LogP contribution in [0.4, 0.5) is 15.8 Å². The van der Waals surface area contributed by atoms with Crippen LogP contribution >= 0.6 is 11.6 Å². The van der Waals surface area contributed by atoms with Crippen LogP contribution in [0.15, 0.2) is 47.6 Å². The lowest BCUT2D eigenvalue weighted by Gasteiger charge is -2.00. The molecule has 0 heterocycles. The monoisotopic (exact) mass is 293 g/mol. The number of rotatable bonds is 4. The van der Waals surface area contributed by atoms with Crippen LogP contribution in [0, 0.1) is 15.9 Å². The highest BCUT2D eigenvalue weighted by molar-refractivity contribution is 6.30. The minimum absolute atomic E-state index is 0.0284. The molecule has 0 aliphatic heterocycles. The number of non-ortho nitro benzene ring substituents is 1. The number of nitro benzene ring substituents is 1. The Balaban J connectivity index is 2.12. The van der Waals surface area contributed by atoms with Crippen molar-refractivity contribution < 1.29 is 9.31 Å². The van der Waals surface area contributed by atoms with E-state index in [1.54, 1.807) is 24.3 Å². The van der Waals surface area contributed by atoms with E-state index in [1.165, 1.54) is 6.21 Å². The number of benzene rings is 2. The summed E-state index contributed by atoms with van der Waals surface area (Å²) >= 11 is 5.73. The van der Waals surface area contributed by atoms with E-state index in [4.69, 9.17) is 11.6 Å². The van der Waals surface area contributed by atoms with Gasteiger partial charge in [0, 0.05) is 22.7 Å². The maximum absolute atomic E-state index is 13.5. The second-order valence-corrected chi connectivity index (χ2v) is 4.28. The van der Waals surface area contributed by atoms with Crippen molar-refractivity contribution >= 4 is 29.2 Å². The molecule has 0 aliphatic carbocycles. The molecule has 5 nitrogen and oxygen atoms in total. The highest BCUT2D eigenvalue weighted by Crippen LogP contribution is 2.16. The zero-order valence-electron chi connectivity index (χ0n) is 10.1. The molecule has 2 rings (SSSR count). The fourth-order valence-corrected chi connectivity index (χ4v) is 1.57. The molecule has 102 valence electrons. The average Bonchev–Trinajstić information content (AvgIpc) is 2.43. The molecule has 0 saturated carbocycles. The summed E-state index contributed by atoms with van der Waals surface area (Å²) in [6.07, 6.45) is 1.18. The molecule has 0 atom stereocenters. The van der Waals surface area contributed by atoms with Gasteiger partial charge >= 0.3 is 0 Å². The maximum atomic E-state index is 13.5. The third-order valence-electron chi connectivity index (χ3n) is 2.43. The Morgan fingerprint density at radius 1 is 1.25 bits per heavy atom. The molecular formula is C13H9ClFN3O2. The Labute approximate surface area is 118 Å². The number of nitrogens with zero attached hydrogens (tertiary/aromatic N) is 2. The van der Waals surface area contributed by atoms with Crippen LogP contribution in [0.2, 0.25) is 5.02 Å². The molecule has 20 heavy (non-hydrogen) atoms. The predicted molar refractivity (Wildman–Crippen MR) is 75.7 cm³/mol. The summed E-state index contributed by atoms with van der Waals surface area (Å²) < 4.78 is 13.5. The zero-order valence-corrected chi connectivity index (χ0v) is 10.8. The predicted octanol–water partition coefficient (Wildman–Crippen LogP) is 3.83. The number of hydrogen-bond donors (Lipinski definition) is 1. The molecule has 0 fully saturated rings. The van der Waals surface area contributed by atoms with Crippen molar-refractivity contribution in [3.8, 4) is 0 Å². The van der Waals surface area contributed by atoms with Crippen LogP contribution < -0.4 is 5.43 Å². The molecule has 0 unspecified atom stereocenters. The Hall–Kier alpha value is -2.47. The lowest BCUT2D eigenvalue weighted by molar-refractivity contribution is -0.384. The summed E-state index contributed by atoms with van der Waals surface area (Å²) in [6.45, 7) is 0. The first-order chi connectivity index (χ1) is 9.56. The first kappa shape index (κ1) is 14.0. The summed E-state index contributed by atoms with van der Waals surface area (Å²) in [5, 5.41) is 15.0. The van der Waals surface area contributed by atoms with E-state index >= 15 is 0 Å². The van der Waals surface area contributed by atoms with Crippen molar-refractivity contribution in [3.05, 3.63) is 69.0 Å². The van der Waals surface area contributed by atoms with Gasteiger partial charge in [0.15, 0.2) is 0 Å². The molecule has 7 heteroatoms. The minimum atomic E-state index is -0.594. The van der Waals surface area contributed by atoms with Gasteiger partial charge in [-0.1, -0.05) is 11.6 Å². The van der Waals surface area contributed by atoms with Crippen LogP contribution in [-0.2, 0) is 0 Å². The van der Waals surface area contributed by atoms with Gasteiger partial charge < -0.3 is 0 Å². The smallest absolute Gasteiger partial charge is 0.270 e. The summed E-state index contributed by atoms with van der Waals surface area (Å²) in [6, 6.07) is 9.98. The molecular weight excluding hydrogens is 285 g/mol. The van der Waals surface area contributed by atoms with Crippen molar-refractivity contribution in [2.75, 3.05) is 5.43 Å². The lowest BCUT2D eigenvalue weighted by Crippen LogP contribution is -1.95. The number of nitro groups is 1. The summed E-state index contributed by atoms with van der Waals surface area (Å²) in [5.41, 5.74) is 3.17. The lowest BCUT2D eigenvalue weighted by atomic mass is 10.2. The first-order valence-electron chi connectivity index (χ1n) is 5.55. The molecule has 0 amide bonds. The highest BCUT2D eigenvalue weighted by Gasteiger charge is 2.09. The van der Waals surface area contributed by atoms with Gasteiger partial charge in [-0.3, -0.25) is 15.5 Å². The standard InChI is InChI=1S/C13H9ClFN3O2/c14-10-1-3-11(4-2-10)17-16-8-9-7-12(18(19)20)5-6-13(9)15/h1-8,17H. The Morgan fingerprint density at radius 3 is 2.60 bits per heavy atom. The molecule has 0 bridgehead atoms. The molecule has 0 aromatic heterocycles. The van der Waals surface area contributed by atoms with Crippen LogP contribution in [0.1, 0.15) is 5.56 Å². The van der Waals surface area contributed by atoms with Crippen molar-refractivity contribution in [2.45, 2.75) is 0 Å². The van der Waals surface area contributed by atoms with Gasteiger partial charge in [0.2, 0.25) is 0 Å². The van der Waals surface area contributed by atoms with Gasteiger partial charge in [0.1, 0.15) is 5.82 Å². The van der Waals surface area contributed by atoms with Crippen LogP contribution in [-0.4, -0.2) is 11.1 Å². The van der Waals surface area contributed by atoms with Crippen LogP contribution in [0.5, 0.6) is 0 Å². The number of nitrogens with one attached hydrogen (secondary N) is 1. The van der Waals surface area contributed by atoms with Crippen molar-refractivity contribution in [2.24, 2.45) is 5.10 Å². The molecule has 0 radical (unpaired) electrons. The Bertz CT molecular complexity index is 659. The van der Waals surface area contributed by atoms with Gasteiger partial charge in [-0.25, -0.2) is 4.39 Å². The second kappa shape index (κ2) is 6.12. The quantitative estimate of drug-likeness (QED) is 0.529. The summed E-state index contributed by atoms with van der Waals surface area (Å²) in [7, 11) is 0. The molecule has 2 aromatic rings. The normalized spacial score (nSPS) is 10.7. The summed E-state index contributed by atoms with van der Waals surface area (Å²) in [5.74, 6) is -0.586. The second-order valence-electron chi connectivity index (χ2n) is 3.84. The van der Waals surface area contributed by atoms with Crippen molar-refractivity contribution in [1.29, 1.82) is 0 Å². The largest absolute Gasteiger partial charge is 0.279 e. The van der Waals surface area contributed by atoms with E-state index in [2.05, 4.69) is 10.5 Å². The third kappa shape index (κ3) is 3.52. The highest BCUT2D eigenvalue weighted by atomic mass is 35.5. The van der Waals surface area contributed by atoms with E-state index in [0.29, 0.717) is 10.7 Å². The molecule has 1 N–H and O–H groups in total. The van der Waals surface area contributed by atoms with E-state index in [9.17, 15) is 14.5 Å². The van der Waals surface area contributed by atoms with Crippen LogP contribution in [0.3, 0.4) is 0 Å². The van der Waals surface area contributed by atoms with Gasteiger partial charge in [-0.15, -0.1) is 0 Å². The van der Waals surface area contributed by atoms with Crippen molar-refractivity contribution in [3.63, 3.8) is 0 Å². The number of halogens is 2. The Morgan fingerprint density at radius 2 is 1.95 bits per heavy atom. The van der Waals surface area contributed by atoms with E-state index in [0.717, 1.165) is 18.2 Å². The van der Waals surface area contributed by atoms with Crippen molar-refractivity contribution in [1.82, 2.24) is 0 Å². The van der Waals surface area contributed by atoms with Crippen LogP contribution in [0.25, 0.3) is 0 Å². The zero-order chi connectivity index (χ0) is 14.5. The fraction of sp³-hybridized carbons (Fsp3) is 0. The van der Waals surface area contributed by atoms with Gasteiger partial charge in [-0.2, -0.15) is 5.10 Å². The van der Waals surface area contributed by atoms with E-state index in [1.807, 2.05) is 0 Å². The molecule has 0 spiro atoms. The SMILES string of the molecule is O=[N+]([O-])c1ccc(F)c(C=NNc2ccc(Cl)cc2)c1. The molecule has 0 saturated heterocycles. The third-order valence-corrected chi connectivity index (χ3v) is 2.68. The Kier molecular flexibility index (Phi) is 4.27. The number of anilines is 1. The van der Waals surface area contributed by atoms with Gasteiger partial charge in [0.05, 0.1) is 16.8 Å². The molecule has 0 aliphatic rings. The van der Waals surface area contributed by atoms with Gasteiger partial charge in [0.25, 0.3) is 5.69 Å². The van der Waals surface area contributed by atoms with E-state index < -0.39 is 10.7 Å². The minimum Gasteiger partial charge on any atom is -0.279 e. The maximum Gasteiger partial charge on any atom is 0.270 e.